The molecule has 1 fully saturated rings. The number of aromatic amines is 1. The maximum atomic E-state index is 10.6. The first-order valence-corrected chi connectivity index (χ1v) is 12.5. The maximum Gasteiger partial charge on any atom is 0.490 e. The lowest BCUT2D eigenvalue weighted by Crippen LogP contribution is -2.49. The molecule has 4 rings (SSSR count). The zero-order valence-electron chi connectivity index (χ0n) is 21.6. The molecule has 2 unspecified atom stereocenters. The van der Waals surface area contributed by atoms with Crippen LogP contribution in [0.4, 0.5) is 13.2 Å². The molecular weight excluding hydrogens is 507 g/mol. The van der Waals surface area contributed by atoms with Gasteiger partial charge >= 0.3 is 12.1 Å². The van der Waals surface area contributed by atoms with E-state index in [1.165, 1.54) is 16.7 Å². The van der Waals surface area contributed by atoms with Gasteiger partial charge in [0.1, 0.15) is 0 Å². The number of alkyl halides is 3. The van der Waals surface area contributed by atoms with E-state index in [0.29, 0.717) is 5.56 Å². The van der Waals surface area contributed by atoms with E-state index in [-0.39, 0.29) is 5.92 Å². The number of aromatic nitrogens is 2. The second-order valence-electron chi connectivity index (χ2n) is 9.76. The number of likely N-dealkylation sites (tertiary alicyclic amines) is 1. The van der Waals surface area contributed by atoms with Crippen LogP contribution in [-0.2, 0) is 24.1 Å². The number of carboxylic acids is 1. The van der Waals surface area contributed by atoms with E-state index in [2.05, 4.69) is 58.2 Å². The molecule has 7 nitrogen and oxygen atoms in total. The Morgan fingerprint density at radius 2 is 1.90 bits per heavy atom. The Morgan fingerprint density at radius 3 is 2.46 bits per heavy atom. The molecule has 1 saturated heterocycles. The van der Waals surface area contributed by atoms with Crippen LogP contribution in [0.25, 0.3) is 0 Å². The Labute approximate surface area is 225 Å². The minimum absolute atomic E-state index is 0.218. The first-order valence-electron chi connectivity index (χ1n) is 12.5. The molecule has 0 radical (unpaired) electrons. The lowest BCUT2D eigenvalue weighted by atomic mass is 9.65. The summed E-state index contributed by atoms with van der Waals surface area (Å²) in [5, 5.41) is 26.7. The van der Waals surface area contributed by atoms with Gasteiger partial charge in [0.25, 0.3) is 0 Å². The molecule has 1 aliphatic rings. The summed E-state index contributed by atoms with van der Waals surface area (Å²) in [6.45, 7) is 4.92. The molecule has 2 atom stereocenters. The summed E-state index contributed by atoms with van der Waals surface area (Å²) in [5.41, 5.74) is 5.13. The van der Waals surface area contributed by atoms with Crippen molar-refractivity contribution in [3.63, 3.8) is 0 Å². The van der Waals surface area contributed by atoms with Crippen molar-refractivity contribution in [1.29, 1.82) is 10.5 Å². The monoisotopic (exact) mass is 537 g/mol. The number of nitrogens with one attached hydrogen (secondary N) is 1. The molecule has 0 amide bonds. The van der Waals surface area contributed by atoms with Crippen LogP contribution in [-0.4, -0.2) is 51.8 Å². The number of nitriles is 2. The van der Waals surface area contributed by atoms with Gasteiger partial charge in [0.15, 0.2) is 0 Å². The fraction of sp³-hybridized carbons (Fsp3) is 0.379. The van der Waals surface area contributed by atoms with Gasteiger partial charge in [-0.2, -0.15) is 23.7 Å². The minimum atomic E-state index is -5.08. The quantitative estimate of drug-likeness (QED) is 0.434. The molecule has 10 heteroatoms. The second kappa shape index (κ2) is 13.1. The molecule has 204 valence electrons. The lowest BCUT2D eigenvalue weighted by Gasteiger charge is -2.44. The van der Waals surface area contributed by atoms with E-state index in [0.717, 1.165) is 51.0 Å². The van der Waals surface area contributed by atoms with Crippen LogP contribution in [0.5, 0.6) is 0 Å². The molecule has 2 N–H and O–H groups in total. The number of aliphatic carboxylic acids is 1. The number of imidazole rings is 1. The number of hydrogen-bond acceptors (Lipinski definition) is 5. The number of rotatable bonds is 7. The van der Waals surface area contributed by atoms with Gasteiger partial charge in [-0.25, -0.2) is 9.78 Å². The number of H-pyrrole nitrogens is 1. The topological polar surface area (TPSA) is 117 Å². The second-order valence-corrected chi connectivity index (χ2v) is 9.76. The molecule has 39 heavy (non-hydrogen) atoms. The van der Waals surface area contributed by atoms with Gasteiger partial charge in [-0.05, 0) is 67.5 Å². The highest BCUT2D eigenvalue weighted by Crippen LogP contribution is 2.41. The zero-order chi connectivity index (χ0) is 28.5. The Balaban J connectivity index is 0.000000532. The smallest absolute Gasteiger partial charge is 0.475 e. The molecule has 1 aliphatic heterocycles. The van der Waals surface area contributed by atoms with E-state index in [1.807, 2.05) is 30.5 Å². The molecule has 1 aromatic heterocycles. The summed E-state index contributed by atoms with van der Waals surface area (Å²) in [5.74, 6) is -2.54. The van der Waals surface area contributed by atoms with Crippen LogP contribution >= 0.6 is 0 Å². The Bertz CT molecular complexity index is 1310. The standard InChI is InChI=1S/C27H29N5.C2HF3O2/c1-21-4-2-3-5-24(21)15-27(19-29)11-13-32(12-10-26-17-30-20-31-26)18-25(27)14-22-6-8-23(16-28)9-7-22;3-2(4,5)1(6)7/h2-9,17,20,25H,10-15,18H2,1H3,(H,30,31);(H,6,7). The van der Waals surface area contributed by atoms with Gasteiger partial charge in [-0.15, -0.1) is 0 Å². The third-order valence-corrected chi connectivity index (χ3v) is 7.18. The van der Waals surface area contributed by atoms with Gasteiger partial charge in [0.2, 0.25) is 0 Å². The summed E-state index contributed by atoms with van der Waals surface area (Å²) in [4.78, 5) is 18.7. The van der Waals surface area contributed by atoms with E-state index in [1.54, 1.807) is 6.33 Å². The third-order valence-electron chi connectivity index (χ3n) is 7.18. The number of aryl methyl sites for hydroxylation is 1. The number of halogens is 3. The van der Waals surface area contributed by atoms with Crippen molar-refractivity contribution in [1.82, 2.24) is 14.9 Å². The number of piperidine rings is 1. The average molecular weight is 538 g/mol. The minimum Gasteiger partial charge on any atom is -0.475 e. The van der Waals surface area contributed by atoms with E-state index >= 15 is 0 Å². The van der Waals surface area contributed by atoms with Crippen LogP contribution < -0.4 is 0 Å². The molecule has 0 saturated carbocycles. The first-order chi connectivity index (χ1) is 18.6. The predicted octanol–water partition coefficient (Wildman–Crippen LogP) is 5.08. The van der Waals surface area contributed by atoms with Crippen LogP contribution in [0.1, 0.15) is 34.4 Å². The molecule has 2 heterocycles. The van der Waals surface area contributed by atoms with Crippen molar-refractivity contribution in [3.05, 3.63) is 89.0 Å². The third kappa shape index (κ3) is 8.17. The van der Waals surface area contributed by atoms with Gasteiger partial charge < -0.3 is 15.0 Å². The van der Waals surface area contributed by atoms with E-state index < -0.39 is 17.6 Å². The molecular formula is C29H30F3N5O2. The lowest BCUT2D eigenvalue weighted by molar-refractivity contribution is -0.192. The highest BCUT2D eigenvalue weighted by Gasteiger charge is 2.43. The van der Waals surface area contributed by atoms with Crippen LogP contribution in [0.15, 0.2) is 61.1 Å². The number of hydrogen-bond donors (Lipinski definition) is 2. The first kappa shape index (κ1) is 29.4. The van der Waals surface area contributed by atoms with Crippen LogP contribution in [0, 0.1) is 40.9 Å². The average Bonchev–Trinajstić information content (AvgIpc) is 3.44. The number of benzene rings is 2. The van der Waals surface area contributed by atoms with Crippen LogP contribution in [0.2, 0.25) is 0 Å². The molecule has 0 aliphatic carbocycles. The van der Waals surface area contributed by atoms with Crippen LogP contribution in [0.3, 0.4) is 0 Å². The van der Waals surface area contributed by atoms with Gasteiger partial charge in [0, 0.05) is 31.4 Å². The van der Waals surface area contributed by atoms with Crippen molar-refractivity contribution in [2.45, 2.75) is 38.8 Å². The highest BCUT2D eigenvalue weighted by molar-refractivity contribution is 5.73. The SMILES string of the molecule is Cc1ccccc1CC1(C#N)CCN(CCc2cnc[nH]2)CC1Cc1ccc(C#N)cc1.O=C(O)C(F)(F)F. The van der Waals surface area contributed by atoms with Gasteiger partial charge in [-0.3, -0.25) is 0 Å². The zero-order valence-corrected chi connectivity index (χ0v) is 21.6. The van der Waals surface area contributed by atoms with Crippen molar-refractivity contribution < 1.29 is 23.1 Å². The molecule has 0 spiro atoms. The Hall–Kier alpha value is -4.15. The highest BCUT2D eigenvalue weighted by atomic mass is 19.4. The van der Waals surface area contributed by atoms with E-state index in [4.69, 9.17) is 15.2 Å². The summed E-state index contributed by atoms with van der Waals surface area (Å²) in [7, 11) is 0. The van der Waals surface area contributed by atoms with Crippen molar-refractivity contribution in [3.8, 4) is 12.1 Å². The fourth-order valence-corrected chi connectivity index (χ4v) is 4.87. The Kier molecular flexibility index (Phi) is 9.86. The molecule has 2 aromatic carbocycles. The maximum absolute atomic E-state index is 10.6. The fourth-order valence-electron chi connectivity index (χ4n) is 4.87. The summed E-state index contributed by atoms with van der Waals surface area (Å²) < 4.78 is 31.7. The van der Waals surface area contributed by atoms with Crippen molar-refractivity contribution in [2.24, 2.45) is 11.3 Å². The van der Waals surface area contributed by atoms with E-state index in [9.17, 15) is 18.4 Å². The summed E-state index contributed by atoms with van der Waals surface area (Å²) in [6, 6.07) is 21.2. The predicted molar refractivity (Wildman–Crippen MR) is 138 cm³/mol. The van der Waals surface area contributed by atoms with Crippen molar-refractivity contribution in [2.75, 3.05) is 19.6 Å². The summed E-state index contributed by atoms with van der Waals surface area (Å²) in [6.07, 6.45) is 1.94. The molecule has 0 bridgehead atoms. The number of carboxylic acid groups (broad SMARTS) is 1. The molecule has 3 aromatic rings. The number of carbonyl (C=O) groups is 1. The van der Waals surface area contributed by atoms with Gasteiger partial charge in [-0.1, -0.05) is 36.4 Å². The largest absolute Gasteiger partial charge is 0.490 e. The van der Waals surface area contributed by atoms with Gasteiger partial charge in [0.05, 0.1) is 29.4 Å². The summed E-state index contributed by atoms with van der Waals surface area (Å²) >= 11 is 0. The normalized spacial score (nSPS) is 19.3. The Morgan fingerprint density at radius 1 is 1.21 bits per heavy atom. The van der Waals surface area contributed by atoms with Crippen molar-refractivity contribution >= 4 is 5.97 Å². The number of nitrogens with zero attached hydrogens (tertiary/aromatic N) is 4.